The average molecular weight is 167 g/mol. The van der Waals surface area contributed by atoms with Crippen molar-refractivity contribution in [1.82, 2.24) is 0 Å². The molecule has 1 unspecified atom stereocenters. The van der Waals surface area contributed by atoms with Crippen molar-refractivity contribution in [2.45, 2.75) is 10.5 Å². The lowest BCUT2D eigenvalue weighted by molar-refractivity contribution is 0.0470. The van der Waals surface area contributed by atoms with Gasteiger partial charge >= 0.3 is 0 Å². The van der Waals surface area contributed by atoms with E-state index < -0.39 is 0 Å². The van der Waals surface area contributed by atoms with E-state index in [9.17, 15) is 0 Å². The highest BCUT2D eigenvalue weighted by Gasteiger charge is 2.21. The van der Waals surface area contributed by atoms with Crippen LogP contribution in [0.15, 0.2) is 29.2 Å². The monoisotopic (exact) mass is 167 g/mol. The molecule has 0 saturated carbocycles. The van der Waals surface area contributed by atoms with Crippen molar-refractivity contribution in [3.05, 3.63) is 31.4 Å². The van der Waals surface area contributed by atoms with Crippen LogP contribution in [-0.2, 0) is 4.74 Å². The van der Waals surface area contributed by atoms with E-state index in [4.69, 9.17) is 9.47 Å². The fraction of sp³-hybridized carbons (Fsp3) is 0.125. The first-order valence-electron chi connectivity index (χ1n) is 3.23. The van der Waals surface area contributed by atoms with Gasteiger partial charge in [0.25, 0.3) is 5.62 Å². The van der Waals surface area contributed by atoms with Crippen molar-refractivity contribution in [2.75, 3.05) is 0 Å². The third-order valence-electron chi connectivity index (χ3n) is 1.43. The van der Waals surface area contributed by atoms with Gasteiger partial charge in [-0.05, 0) is 23.9 Å². The number of thioether (sulfide) groups is 1. The number of fused-ring (bicyclic) bond motifs is 1. The standard InChI is InChI=1S/C8H7O2S/c1-9-8-10-6-4-2-3-5-7(6)11-8/h2-5,8H,1H2. The highest BCUT2D eigenvalue weighted by Crippen LogP contribution is 2.40. The quantitative estimate of drug-likeness (QED) is 0.639. The van der Waals surface area contributed by atoms with Crippen LogP contribution in [-0.4, -0.2) is 5.62 Å². The Hall–Kier alpha value is -0.670. The van der Waals surface area contributed by atoms with Gasteiger partial charge in [-0.3, -0.25) is 0 Å². The summed E-state index contributed by atoms with van der Waals surface area (Å²) in [5, 5.41) is 0. The van der Waals surface area contributed by atoms with Gasteiger partial charge in [-0.15, -0.1) is 0 Å². The third kappa shape index (κ3) is 1.21. The van der Waals surface area contributed by atoms with Crippen LogP contribution in [0, 0.1) is 7.11 Å². The fourth-order valence-electron chi connectivity index (χ4n) is 0.944. The molecule has 0 amide bonds. The predicted octanol–water partition coefficient (Wildman–Crippen LogP) is 2.26. The molecule has 1 aromatic carbocycles. The number of rotatable bonds is 1. The van der Waals surface area contributed by atoms with Crippen molar-refractivity contribution < 1.29 is 9.47 Å². The third-order valence-corrected chi connectivity index (χ3v) is 2.45. The van der Waals surface area contributed by atoms with Crippen LogP contribution >= 0.6 is 11.8 Å². The fourth-order valence-corrected chi connectivity index (χ4v) is 1.76. The molecule has 57 valence electrons. The van der Waals surface area contributed by atoms with E-state index in [1.807, 2.05) is 24.3 Å². The maximum atomic E-state index is 5.33. The zero-order valence-electron chi connectivity index (χ0n) is 5.82. The van der Waals surface area contributed by atoms with E-state index in [1.165, 1.54) is 11.8 Å². The molecule has 11 heavy (non-hydrogen) atoms. The predicted molar refractivity (Wildman–Crippen MR) is 43.2 cm³/mol. The average Bonchev–Trinajstić information content (AvgIpc) is 2.46. The molecule has 2 rings (SSSR count). The van der Waals surface area contributed by atoms with Crippen LogP contribution in [0.3, 0.4) is 0 Å². The Morgan fingerprint density at radius 2 is 2.27 bits per heavy atom. The van der Waals surface area contributed by atoms with Gasteiger partial charge in [0.15, 0.2) is 0 Å². The van der Waals surface area contributed by atoms with Crippen molar-refractivity contribution in [3.63, 3.8) is 0 Å². The Balaban J connectivity index is 2.27. The second-order valence-corrected chi connectivity index (χ2v) is 3.20. The molecule has 0 bridgehead atoms. The van der Waals surface area contributed by atoms with Gasteiger partial charge in [0, 0.05) is 0 Å². The van der Waals surface area contributed by atoms with Gasteiger partial charge in [-0.2, -0.15) is 0 Å². The molecule has 0 aliphatic carbocycles. The maximum Gasteiger partial charge on any atom is 0.254 e. The Labute approximate surface area is 69.5 Å². The first-order chi connectivity index (χ1) is 5.40. The second kappa shape index (κ2) is 2.75. The summed E-state index contributed by atoms with van der Waals surface area (Å²) >= 11 is 1.53. The van der Waals surface area contributed by atoms with Gasteiger partial charge in [0.1, 0.15) is 5.75 Å². The molecular formula is C8H7O2S. The summed E-state index contributed by atoms with van der Waals surface area (Å²) in [6.07, 6.45) is 0. The van der Waals surface area contributed by atoms with Crippen molar-refractivity contribution in [2.24, 2.45) is 0 Å². The number of para-hydroxylation sites is 1. The summed E-state index contributed by atoms with van der Waals surface area (Å²) in [7, 11) is 3.30. The minimum atomic E-state index is -0.271. The van der Waals surface area contributed by atoms with Gasteiger partial charge < -0.3 is 9.47 Å². The Kier molecular flexibility index (Phi) is 1.75. The normalized spacial score (nSPS) is 21.0. The van der Waals surface area contributed by atoms with Crippen molar-refractivity contribution >= 4 is 11.8 Å². The molecule has 1 aromatic rings. The van der Waals surface area contributed by atoms with Gasteiger partial charge in [-0.25, -0.2) is 0 Å². The first-order valence-corrected chi connectivity index (χ1v) is 4.11. The number of hydrogen-bond donors (Lipinski definition) is 0. The summed E-state index contributed by atoms with van der Waals surface area (Å²) in [6.45, 7) is 0. The van der Waals surface area contributed by atoms with Crippen LogP contribution in [0.4, 0.5) is 0 Å². The van der Waals surface area contributed by atoms with Crippen LogP contribution in [0.5, 0.6) is 5.75 Å². The zero-order chi connectivity index (χ0) is 7.68. The van der Waals surface area contributed by atoms with E-state index in [-0.39, 0.29) is 5.62 Å². The molecule has 1 radical (unpaired) electrons. The molecular weight excluding hydrogens is 160 g/mol. The molecule has 1 aliphatic heterocycles. The molecule has 1 heterocycles. The number of benzene rings is 1. The van der Waals surface area contributed by atoms with E-state index in [0.29, 0.717) is 0 Å². The molecule has 0 N–H and O–H groups in total. The summed E-state index contributed by atoms with van der Waals surface area (Å²) < 4.78 is 10.1. The van der Waals surface area contributed by atoms with Crippen molar-refractivity contribution in [1.29, 1.82) is 0 Å². The highest BCUT2D eigenvalue weighted by molar-refractivity contribution is 8.00. The molecule has 0 spiro atoms. The van der Waals surface area contributed by atoms with Crippen LogP contribution in [0.1, 0.15) is 0 Å². The largest absolute Gasteiger partial charge is 0.454 e. The van der Waals surface area contributed by atoms with Gasteiger partial charge in [0.05, 0.1) is 12.0 Å². The second-order valence-electron chi connectivity index (χ2n) is 2.14. The zero-order valence-corrected chi connectivity index (χ0v) is 6.64. The molecule has 1 atom stereocenters. The minimum absolute atomic E-state index is 0.271. The SMILES string of the molecule is [CH2]OC1Oc2ccccc2S1. The van der Waals surface area contributed by atoms with E-state index in [2.05, 4.69) is 7.11 Å². The molecule has 3 heteroatoms. The lowest BCUT2D eigenvalue weighted by Crippen LogP contribution is -2.06. The van der Waals surface area contributed by atoms with Crippen LogP contribution in [0.25, 0.3) is 0 Å². The highest BCUT2D eigenvalue weighted by atomic mass is 32.2. The topological polar surface area (TPSA) is 18.5 Å². The van der Waals surface area contributed by atoms with Crippen LogP contribution in [0.2, 0.25) is 0 Å². The van der Waals surface area contributed by atoms with Gasteiger partial charge in [0.2, 0.25) is 0 Å². The Bertz CT molecular complexity index is 237. The number of ether oxygens (including phenoxy) is 2. The summed E-state index contributed by atoms with van der Waals surface area (Å²) in [5.41, 5.74) is -0.271. The summed E-state index contributed by atoms with van der Waals surface area (Å²) in [6, 6.07) is 7.83. The lowest BCUT2D eigenvalue weighted by atomic mass is 10.3. The Morgan fingerprint density at radius 1 is 1.45 bits per heavy atom. The molecule has 2 nitrogen and oxygen atoms in total. The first kappa shape index (κ1) is 7.00. The lowest BCUT2D eigenvalue weighted by Gasteiger charge is -2.04. The Morgan fingerprint density at radius 3 is 3.00 bits per heavy atom. The van der Waals surface area contributed by atoms with Crippen molar-refractivity contribution in [3.8, 4) is 5.75 Å². The maximum absolute atomic E-state index is 5.33. The van der Waals surface area contributed by atoms with E-state index >= 15 is 0 Å². The summed E-state index contributed by atoms with van der Waals surface area (Å²) in [5.74, 6) is 0.881. The smallest absolute Gasteiger partial charge is 0.254 e. The van der Waals surface area contributed by atoms with Crippen LogP contribution < -0.4 is 4.74 Å². The van der Waals surface area contributed by atoms with E-state index in [0.717, 1.165) is 10.6 Å². The number of hydrogen-bond acceptors (Lipinski definition) is 3. The van der Waals surface area contributed by atoms with Gasteiger partial charge in [-0.1, -0.05) is 12.1 Å². The summed E-state index contributed by atoms with van der Waals surface area (Å²) in [4.78, 5) is 1.11. The molecule has 0 aromatic heterocycles. The molecule has 0 saturated heterocycles. The molecule has 0 fully saturated rings. The molecule has 1 aliphatic rings. The minimum Gasteiger partial charge on any atom is -0.454 e. The van der Waals surface area contributed by atoms with E-state index in [1.54, 1.807) is 0 Å².